The van der Waals surface area contributed by atoms with Crippen molar-refractivity contribution >= 4 is 23.4 Å². The van der Waals surface area contributed by atoms with E-state index in [1.54, 1.807) is 0 Å². The summed E-state index contributed by atoms with van der Waals surface area (Å²) in [6, 6.07) is 17.5. The molecule has 1 heterocycles. The first-order chi connectivity index (χ1) is 11.2. The zero-order valence-corrected chi connectivity index (χ0v) is 13.4. The molecule has 6 heteroatoms. The van der Waals surface area contributed by atoms with Crippen LogP contribution in [0.5, 0.6) is 0 Å². The van der Waals surface area contributed by atoms with Crippen molar-refractivity contribution in [2.75, 3.05) is 11.1 Å². The highest BCUT2D eigenvalue weighted by Crippen LogP contribution is 2.19. The van der Waals surface area contributed by atoms with Crippen LogP contribution in [0.3, 0.4) is 0 Å². The molecule has 0 saturated carbocycles. The Morgan fingerprint density at radius 3 is 2.78 bits per heavy atom. The van der Waals surface area contributed by atoms with Gasteiger partial charge in [0.05, 0.1) is 5.75 Å². The fraction of sp³-hybridized carbons (Fsp3) is 0.118. The van der Waals surface area contributed by atoms with Gasteiger partial charge in [-0.05, 0) is 24.6 Å². The molecule has 0 radical (unpaired) electrons. The maximum atomic E-state index is 12.0. The van der Waals surface area contributed by atoms with E-state index < -0.39 is 0 Å². The monoisotopic (exact) mass is 324 g/mol. The second-order valence-corrected chi connectivity index (χ2v) is 5.98. The maximum Gasteiger partial charge on any atom is 0.234 e. The predicted molar refractivity (Wildman–Crippen MR) is 92.4 cm³/mol. The van der Waals surface area contributed by atoms with Gasteiger partial charge in [-0.1, -0.05) is 54.2 Å². The SMILES string of the molecule is Cc1cccc(NC(=O)CSc2n[nH]c(-c3ccccc3)n2)c1. The van der Waals surface area contributed by atoms with Crippen LogP contribution in [0.1, 0.15) is 5.56 Å². The molecule has 2 aromatic carbocycles. The lowest BCUT2D eigenvalue weighted by molar-refractivity contribution is -0.113. The molecule has 5 nitrogen and oxygen atoms in total. The summed E-state index contributed by atoms with van der Waals surface area (Å²) >= 11 is 1.30. The van der Waals surface area contributed by atoms with Crippen molar-refractivity contribution < 1.29 is 4.79 Å². The van der Waals surface area contributed by atoms with Gasteiger partial charge in [0.25, 0.3) is 0 Å². The minimum absolute atomic E-state index is 0.0772. The van der Waals surface area contributed by atoms with E-state index in [4.69, 9.17) is 0 Å². The van der Waals surface area contributed by atoms with Gasteiger partial charge in [-0.2, -0.15) is 0 Å². The minimum Gasteiger partial charge on any atom is -0.325 e. The van der Waals surface area contributed by atoms with Gasteiger partial charge < -0.3 is 5.32 Å². The number of carbonyl (C=O) groups is 1. The van der Waals surface area contributed by atoms with E-state index in [1.807, 2.05) is 61.5 Å². The second-order valence-electron chi connectivity index (χ2n) is 5.04. The first-order valence-corrected chi connectivity index (χ1v) is 8.16. The van der Waals surface area contributed by atoms with Crippen molar-refractivity contribution in [2.45, 2.75) is 12.1 Å². The highest BCUT2D eigenvalue weighted by molar-refractivity contribution is 7.99. The standard InChI is InChI=1S/C17H16N4OS/c1-12-6-5-9-14(10-12)18-15(22)11-23-17-19-16(20-21-17)13-7-3-2-4-8-13/h2-10H,11H2,1H3,(H,18,22)(H,19,20,21). The van der Waals surface area contributed by atoms with Crippen molar-refractivity contribution in [3.63, 3.8) is 0 Å². The summed E-state index contributed by atoms with van der Waals surface area (Å²) in [7, 11) is 0. The molecule has 3 aromatic rings. The van der Waals surface area contributed by atoms with Crippen LogP contribution in [0.15, 0.2) is 59.8 Å². The average Bonchev–Trinajstić information content (AvgIpc) is 3.03. The molecule has 1 aromatic heterocycles. The Labute approximate surface area is 138 Å². The molecular formula is C17H16N4OS. The summed E-state index contributed by atoms with van der Waals surface area (Å²) in [6.45, 7) is 1.99. The van der Waals surface area contributed by atoms with Gasteiger partial charge in [0.1, 0.15) is 0 Å². The van der Waals surface area contributed by atoms with Gasteiger partial charge in [0.2, 0.25) is 11.1 Å². The summed E-state index contributed by atoms with van der Waals surface area (Å²) in [4.78, 5) is 16.4. The number of aryl methyl sites for hydroxylation is 1. The van der Waals surface area contributed by atoms with E-state index in [1.165, 1.54) is 11.8 Å². The van der Waals surface area contributed by atoms with Gasteiger partial charge in [0, 0.05) is 11.3 Å². The summed E-state index contributed by atoms with van der Waals surface area (Å²) in [6.07, 6.45) is 0. The number of anilines is 1. The molecule has 2 N–H and O–H groups in total. The Kier molecular flexibility index (Phi) is 4.73. The minimum atomic E-state index is -0.0772. The number of thioether (sulfide) groups is 1. The number of aromatic nitrogens is 3. The third-order valence-electron chi connectivity index (χ3n) is 3.15. The predicted octanol–water partition coefficient (Wildman–Crippen LogP) is 3.51. The van der Waals surface area contributed by atoms with Gasteiger partial charge in [-0.25, -0.2) is 4.98 Å². The Morgan fingerprint density at radius 1 is 1.17 bits per heavy atom. The first kappa shape index (κ1) is 15.3. The quantitative estimate of drug-likeness (QED) is 0.705. The molecule has 0 aliphatic rings. The van der Waals surface area contributed by atoms with Gasteiger partial charge in [-0.15, -0.1) is 5.10 Å². The van der Waals surface area contributed by atoms with Crippen molar-refractivity contribution in [1.82, 2.24) is 15.2 Å². The Morgan fingerprint density at radius 2 is 2.00 bits per heavy atom. The first-order valence-electron chi connectivity index (χ1n) is 7.18. The van der Waals surface area contributed by atoms with Gasteiger partial charge in [0.15, 0.2) is 5.82 Å². The molecule has 116 valence electrons. The van der Waals surface area contributed by atoms with Crippen LogP contribution >= 0.6 is 11.8 Å². The Balaban J connectivity index is 1.56. The van der Waals surface area contributed by atoms with Crippen molar-refractivity contribution in [3.8, 4) is 11.4 Å². The number of aromatic amines is 1. The zero-order valence-electron chi connectivity index (χ0n) is 12.6. The van der Waals surface area contributed by atoms with Crippen LogP contribution < -0.4 is 5.32 Å². The van der Waals surface area contributed by atoms with Gasteiger partial charge >= 0.3 is 0 Å². The summed E-state index contributed by atoms with van der Waals surface area (Å²) < 4.78 is 0. The summed E-state index contributed by atoms with van der Waals surface area (Å²) in [5.41, 5.74) is 2.88. The number of hydrogen-bond acceptors (Lipinski definition) is 4. The number of benzene rings is 2. The third kappa shape index (κ3) is 4.20. The molecule has 0 saturated heterocycles. The number of rotatable bonds is 5. The number of nitrogens with zero attached hydrogens (tertiary/aromatic N) is 2. The zero-order chi connectivity index (χ0) is 16.1. The molecule has 0 unspecified atom stereocenters. The fourth-order valence-electron chi connectivity index (χ4n) is 2.09. The van der Waals surface area contributed by atoms with Crippen LogP contribution in [-0.2, 0) is 4.79 Å². The lowest BCUT2D eigenvalue weighted by Gasteiger charge is -2.04. The number of hydrogen-bond donors (Lipinski definition) is 2. The molecule has 1 amide bonds. The van der Waals surface area contributed by atoms with E-state index in [9.17, 15) is 4.79 Å². The number of H-pyrrole nitrogens is 1. The molecule has 23 heavy (non-hydrogen) atoms. The van der Waals surface area contributed by atoms with E-state index in [-0.39, 0.29) is 11.7 Å². The second kappa shape index (κ2) is 7.11. The largest absolute Gasteiger partial charge is 0.325 e. The van der Waals surface area contributed by atoms with Crippen molar-refractivity contribution in [1.29, 1.82) is 0 Å². The van der Waals surface area contributed by atoms with Gasteiger partial charge in [-0.3, -0.25) is 9.89 Å². The lowest BCUT2D eigenvalue weighted by Crippen LogP contribution is -2.14. The van der Waals surface area contributed by atoms with E-state index in [0.29, 0.717) is 11.0 Å². The third-order valence-corrected chi connectivity index (χ3v) is 3.99. The Bertz CT molecular complexity index is 801. The smallest absolute Gasteiger partial charge is 0.234 e. The Hall–Kier alpha value is -2.60. The lowest BCUT2D eigenvalue weighted by atomic mass is 10.2. The molecule has 0 aliphatic carbocycles. The van der Waals surface area contributed by atoms with Crippen LogP contribution in [-0.4, -0.2) is 26.8 Å². The molecule has 0 bridgehead atoms. The number of nitrogens with one attached hydrogen (secondary N) is 2. The molecule has 0 fully saturated rings. The van der Waals surface area contributed by atoms with Crippen LogP contribution in [0.4, 0.5) is 5.69 Å². The van der Waals surface area contributed by atoms with Crippen LogP contribution in [0, 0.1) is 6.92 Å². The van der Waals surface area contributed by atoms with Crippen molar-refractivity contribution in [3.05, 3.63) is 60.2 Å². The molecular weight excluding hydrogens is 308 g/mol. The highest BCUT2D eigenvalue weighted by Gasteiger charge is 2.09. The van der Waals surface area contributed by atoms with Crippen molar-refractivity contribution in [2.24, 2.45) is 0 Å². The molecule has 3 rings (SSSR count). The summed E-state index contributed by atoms with van der Waals surface area (Å²) in [5.74, 6) is 0.888. The maximum absolute atomic E-state index is 12.0. The van der Waals surface area contributed by atoms with E-state index in [2.05, 4.69) is 20.5 Å². The number of carbonyl (C=O) groups excluding carboxylic acids is 1. The van der Waals surface area contributed by atoms with Crippen LogP contribution in [0.2, 0.25) is 0 Å². The number of amides is 1. The average molecular weight is 324 g/mol. The van der Waals surface area contributed by atoms with Crippen LogP contribution in [0.25, 0.3) is 11.4 Å². The van der Waals surface area contributed by atoms with E-state index in [0.717, 1.165) is 16.8 Å². The highest BCUT2D eigenvalue weighted by atomic mass is 32.2. The fourth-order valence-corrected chi connectivity index (χ4v) is 2.68. The molecule has 0 spiro atoms. The molecule has 0 aliphatic heterocycles. The molecule has 0 atom stereocenters. The van der Waals surface area contributed by atoms with E-state index >= 15 is 0 Å². The topological polar surface area (TPSA) is 70.7 Å². The normalized spacial score (nSPS) is 10.5. The summed E-state index contributed by atoms with van der Waals surface area (Å²) in [5, 5.41) is 10.4.